The number of aryl methyl sites for hydroxylation is 1. The second-order valence-corrected chi connectivity index (χ2v) is 6.39. The molecular formula is C20H22N4O. The molecule has 0 radical (unpaired) electrons. The summed E-state index contributed by atoms with van der Waals surface area (Å²) in [7, 11) is 1.69. The van der Waals surface area contributed by atoms with E-state index in [4.69, 9.17) is 4.74 Å². The highest BCUT2D eigenvalue weighted by atomic mass is 16.5. The Morgan fingerprint density at radius 2 is 1.72 bits per heavy atom. The lowest BCUT2D eigenvalue weighted by molar-refractivity contribution is 0.415. The van der Waals surface area contributed by atoms with Crippen LogP contribution >= 0.6 is 0 Å². The van der Waals surface area contributed by atoms with Crippen LogP contribution in [0.1, 0.15) is 5.56 Å². The van der Waals surface area contributed by atoms with E-state index in [0.717, 1.165) is 48.6 Å². The molecule has 0 unspecified atom stereocenters. The number of anilines is 2. The Bertz CT molecular complexity index is 888. The number of methoxy groups -OCH3 is 1. The fourth-order valence-corrected chi connectivity index (χ4v) is 3.40. The predicted molar refractivity (Wildman–Crippen MR) is 102 cm³/mol. The van der Waals surface area contributed by atoms with E-state index in [2.05, 4.69) is 51.0 Å². The Balaban J connectivity index is 1.57. The van der Waals surface area contributed by atoms with Crippen LogP contribution in [0.5, 0.6) is 5.75 Å². The molecule has 4 rings (SSSR count). The summed E-state index contributed by atoms with van der Waals surface area (Å²) in [6, 6.07) is 14.7. The third-order valence-electron chi connectivity index (χ3n) is 4.77. The molecule has 1 saturated heterocycles. The number of benzene rings is 2. The Hall–Kier alpha value is -2.82. The third-order valence-corrected chi connectivity index (χ3v) is 4.77. The molecule has 0 N–H and O–H groups in total. The summed E-state index contributed by atoms with van der Waals surface area (Å²) in [5.74, 6) is 1.83. The van der Waals surface area contributed by atoms with Crippen molar-refractivity contribution in [2.24, 2.45) is 0 Å². The maximum absolute atomic E-state index is 5.37. The van der Waals surface area contributed by atoms with Crippen molar-refractivity contribution in [1.29, 1.82) is 0 Å². The molecule has 0 atom stereocenters. The molecule has 25 heavy (non-hydrogen) atoms. The largest absolute Gasteiger partial charge is 0.497 e. The van der Waals surface area contributed by atoms with Gasteiger partial charge in [-0.1, -0.05) is 12.1 Å². The molecule has 5 heteroatoms. The standard InChI is InChI=1S/C20H22N4O/c1-15-4-3-5-16(12-15)23-8-10-24(11-9-23)20-18-13-17(25-2)6-7-19(18)21-14-22-20/h3-7,12-14H,8-11H2,1-2H3. The Morgan fingerprint density at radius 1 is 0.920 bits per heavy atom. The van der Waals surface area contributed by atoms with Crippen molar-refractivity contribution >= 4 is 22.4 Å². The maximum atomic E-state index is 5.37. The van der Waals surface area contributed by atoms with E-state index in [1.54, 1.807) is 13.4 Å². The molecule has 1 aliphatic heterocycles. The lowest BCUT2D eigenvalue weighted by Gasteiger charge is -2.37. The van der Waals surface area contributed by atoms with E-state index >= 15 is 0 Å². The smallest absolute Gasteiger partial charge is 0.140 e. The van der Waals surface area contributed by atoms with Gasteiger partial charge in [-0.25, -0.2) is 9.97 Å². The molecule has 5 nitrogen and oxygen atoms in total. The van der Waals surface area contributed by atoms with Crippen LogP contribution in [-0.4, -0.2) is 43.3 Å². The summed E-state index contributed by atoms with van der Waals surface area (Å²) in [6.45, 7) is 5.99. The summed E-state index contributed by atoms with van der Waals surface area (Å²) in [5, 5.41) is 1.05. The van der Waals surface area contributed by atoms with Gasteiger partial charge in [0.05, 0.1) is 12.6 Å². The summed E-state index contributed by atoms with van der Waals surface area (Å²) in [5.41, 5.74) is 3.55. The molecule has 2 aromatic carbocycles. The van der Waals surface area contributed by atoms with Crippen molar-refractivity contribution < 1.29 is 4.74 Å². The maximum Gasteiger partial charge on any atom is 0.140 e. The van der Waals surface area contributed by atoms with Crippen LogP contribution in [0.4, 0.5) is 11.5 Å². The molecule has 1 fully saturated rings. The van der Waals surface area contributed by atoms with Crippen LogP contribution in [-0.2, 0) is 0 Å². The minimum atomic E-state index is 0.835. The molecule has 0 spiro atoms. The minimum absolute atomic E-state index is 0.835. The lowest BCUT2D eigenvalue weighted by atomic mass is 10.1. The van der Waals surface area contributed by atoms with Crippen LogP contribution < -0.4 is 14.5 Å². The van der Waals surface area contributed by atoms with Crippen molar-refractivity contribution in [3.8, 4) is 5.75 Å². The Kier molecular flexibility index (Phi) is 4.14. The van der Waals surface area contributed by atoms with Crippen LogP contribution in [0.3, 0.4) is 0 Å². The van der Waals surface area contributed by atoms with E-state index in [1.165, 1.54) is 11.3 Å². The number of rotatable bonds is 3. The van der Waals surface area contributed by atoms with Gasteiger partial charge in [0.1, 0.15) is 17.9 Å². The van der Waals surface area contributed by atoms with E-state index in [9.17, 15) is 0 Å². The molecule has 1 aliphatic rings. The second kappa shape index (κ2) is 6.59. The first-order chi connectivity index (χ1) is 12.2. The van der Waals surface area contributed by atoms with Gasteiger partial charge < -0.3 is 14.5 Å². The van der Waals surface area contributed by atoms with Gasteiger partial charge in [-0.15, -0.1) is 0 Å². The number of hydrogen-bond donors (Lipinski definition) is 0. The Labute approximate surface area is 147 Å². The normalized spacial score (nSPS) is 14.8. The highest BCUT2D eigenvalue weighted by molar-refractivity contribution is 5.90. The van der Waals surface area contributed by atoms with Gasteiger partial charge in [0.15, 0.2) is 0 Å². The second-order valence-electron chi connectivity index (χ2n) is 6.39. The van der Waals surface area contributed by atoms with E-state index in [1.807, 2.05) is 18.2 Å². The number of piperazine rings is 1. The summed E-state index contributed by atoms with van der Waals surface area (Å²) in [4.78, 5) is 13.7. The molecule has 128 valence electrons. The average molecular weight is 334 g/mol. The van der Waals surface area contributed by atoms with Gasteiger partial charge in [0, 0.05) is 37.3 Å². The summed E-state index contributed by atoms with van der Waals surface area (Å²) < 4.78 is 5.37. The zero-order valence-corrected chi connectivity index (χ0v) is 14.6. The van der Waals surface area contributed by atoms with E-state index in [0.29, 0.717) is 0 Å². The number of aromatic nitrogens is 2. The first-order valence-electron chi connectivity index (χ1n) is 8.60. The molecular weight excluding hydrogens is 312 g/mol. The van der Waals surface area contributed by atoms with Gasteiger partial charge >= 0.3 is 0 Å². The monoisotopic (exact) mass is 334 g/mol. The fourth-order valence-electron chi connectivity index (χ4n) is 3.40. The van der Waals surface area contributed by atoms with Gasteiger partial charge in [0.2, 0.25) is 0 Å². The zero-order valence-electron chi connectivity index (χ0n) is 14.6. The van der Waals surface area contributed by atoms with Crippen molar-refractivity contribution in [3.05, 3.63) is 54.4 Å². The fraction of sp³-hybridized carbons (Fsp3) is 0.300. The molecule has 2 heterocycles. The van der Waals surface area contributed by atoms with E-state index in [-0.39, 0.29) is 0 Å². The number of ether oxygens (including phenoxy) is 1. The number of hydrogen-bond acceptors (Lipinski definition) is 5. The molecule has 0 bridgehead atoms. The predicted octanol–water partition coefficient (Wildman–Crippen LogP) is 3.27. The first-order valence-corrected chi connectivity index (χ1v) is 8.60. The number of fused-ring (bicyclic) bond motifs is 1. The molecule has 0 saturated carbocycles. The van der Waals surface area contributed by atoms with Crippen LogP contribution in [0.25, 0.3) is 10.9 Å². The molecule has 0 amide bonds. The molecule has 3 aromatic rings. The number of nitrogens with zero attached hydrogens (tertiary/aromatic N) is 4. The minimum Gasteiger partial charge on any atom is -0.497 e. The van der Waals surface area contributed by atoms with Gasteiger partial charge in [0.25, 0.3) is 0 Å². The third kappa shape index (κ3) is 3.09. The van der Waals surface area contributed by atoms with Crippen molar-refractivity contribution in [2.45, 2.75) is 6.92 Å². The topological polar surface area (TPSA) is 41.5 Å². The van der Waals surface area contributed by atoms with Gasteiger partial charge in [-0.2, -0.15) is 0 Å². The lowest BCUT2D eigenvalue weighted by Crippen LogP contribution is -2.46. The summed E-state index contributed by atoms with van der Waals surface area (Å²) in [6.07, 6.45) is 1.65. The molecule has 1 aromatic heterocycles. The SMILES string of the molecule is COc1ccc2ncnc(N3CCN(c4cccc(C)c4)CC3)c2c1. The van der Waals surface area contributed by atoms with Crippen molar-refractivity contribution in [2.75, 3.05) is 43.1 Å². The summed E-state index contributed by atoms with van der Waals surface area (Å²) >= 11 is 0. The average Bonchev–Trinajstić information content (AvgIpc) is 2.67. The highest BCUT2D eigenvalue weighted by Gasteiger charge is 2.20. The molecule has 0 aliphatic carbocycles. The Morgan fingerprint density at radius 3 is 2.48 bits per heavy atom. The first kappa shape index (κ1) is 15.7. The van der Waals surface area contributed by atoms with Crippen LogP contribution in [0.15, 0.2) is 48.8 Å². The van der Waals surface area contributed by atoms with Crippen molar-refractivity contribution in [1.82, 2.24) is 9.97 Å². The van der Waals surface area contributed by atoms with Gasteiger partial charge in [-0.05, 0) is 42.8 Å². The van der Waals surface area contributed by atoms with Crippen LogP contribution in [0, 0.1) is 6.92 Å². The van der Waals surface area contributed by atoms with Gasteiger partial charge in [-0.3, -0.25) is 0 Å². The highest BCUT2D eigenvalue weighted by Crippen LogP contribution is 2.28. The quantitative estimate of drug-likeness (QED) is 0.735. The van der Waals surface area contributed by atoms with Crippen molar-refractivity contribution in [3.63, 3.8) is 0 Å². The zero-order chi connectivity index (χ0) is 17.2. The van der Waals surface area contributed by atoms with Crippen LogP contribution in [0.2, 0.25) is 0 Å². The van der Waals surface area contributed by atoms with E-state index < -0.39 is 0 Å².